The Hall–Kier alpha value is -5.31. The van der Waals surface area contributed by atoms with Crippen molar-refractivity contribution in [3.63, 3.8) is 0 Å². The Morgan fingerprint density at radius 3 is 2.39 bits per heavy atom. The van der Waals surface area contributed by atoms with E-state index in [1.54, 1.807) is 25.3 Å². The molecule has 1 saturated heterocycles. The fourth-order valence-corrected chi connectivity index (χ4v) is 5.76. The summed E-state index contributed by atoms with van der Waals surface area (Å²) in [6.07, 6.45) is 0. The Morgan fingerprint density at radius 1 is 0.927 bits per heavy atom. The van der Waals surface area contributed by atoms with E-state index in [1.165, 1.54) is 12.1 Å². The number of ether oxygens (including phenoxy) is 1. The SMILES string of the molecule is COc1ccc(N2CCN(c3cc(Nc4cccc(C(=O)[O-])c4)c4c5c(onc35)-c3ccccc3C4=O)CC2)cc1. The maximum absolute atomic E-state index is 13.9. The standard InChI is InChI=1S/C32H26N4O5/c1-40-22-11-9-21(10-12-22)35-13-15-36(16-14-35)26-18-25(33-20-6-4-5-19(17-20)32(38)39)27-28-29(26)34-41-31(28)24-8-3-2-7-23(24)30(27)37/h2-12,17-18,33H,13-16H2,1H3,(H,38,39)/p-1. The van der Waals surface area contributed by atoms with Crippen molar-refractivity contribution in [1.82, 2.24) is 5.16 Å². The van der Waals surface area contributed by atoms with Crippen molar-refractivity contribution in [3.8, 4) is 17.1 Å². The van der Waals surface area contributed by atoms with Gasteiger partial charge in [0.05, 0.1) is 35.4 Å². The molecule has 7 rings (SSSR count). The molecule has 0 bridgehead atoms. The quantitative estimate of drug-likeness (QED) is 0.324. The van der Waals surface area contributed by atoms with Crippen LogP contribution < -0.4 is 25.0 Å². The second-order valence-electron chi connectivity index (χ2n) is 10.1. The third kappa shape index (κ3) is 4.13. The number of methoxy groups -OCH3 is 1. The minimum atomic E-state index is -1.27. The molecule has 41 heavy (non-hydrogen) atoms. The van der Waals surface area contributed by atoms with Crippen LogP contribution in [0, 0.1) is 0 Å². The number of piperazine rings is 1. The summed E-state index contributed by atoms with van der Waals surface area (Å²) in [6.45, 7) is 3.04. The molecule has 9 nitrogen and oxygen atoms in total. The number of rotatable bonds is 6. The Balaban J connectivity index is 1.30. The maximum atomic E-state index is 13.9. The molecule has 5 aromatic rings. The first-order valence-corrected chi connectivity index (χ1v) is 13.3. The number of nitrogens with zero attached hydrogens (tertiary/aromatic N) is 3. The first kappa shape index (κ1) is 24.7. The van der Waals surface area contributed by atoms with Gasteiger partial charge in [0.2, 0.25) is 0 Å². The Bertz CT molecular complexity index is 1820. The fraction of sp³-hybridized carbons (Fsp3) is 0.156. The highest BCUT2D eigenvalue weighted by Gasteiger charge is 2.34. The molecule has 1 aliphatic carbocycles. The highest BCUT2D eigenvalue weighted by molar-refractivity contribution is 6.28. The van der Waals surface area contributed by atoms with Crippen LogP contribution in [0.2, 0.25) is 0 Å². The number of carboxylic acids is 1. The van der Waals surface area contributed by atoms with E-state index in [1.807, 2.05) is 36.4 Å². The summed E-state index contributed by atoms with van der Waals surface area (Å²) in [7, 11) is 1.66. The molecule has 1 fully saturated rings. The lowest BCUT2D eigenvalue weighted by atomic mass is 9.86. The lowest BCUT2D eigenvalue weighted by Gasteiger charge is -2.37. The molecule has 0 unspecified atom stereocenters. The van der Waals surface area contributed by atoms with Gasteiger partial charge in [0.25, 0.3) is 0 Å². The molecule has 0 saturated carbocycles. The number of hydrogen-bond donors (Lipinski definition) is 1. The maximum Gasteiger partial charge on any atom is 0.196 e. The van der Waals surface area contributed by atoms with E-state index >= 15 is 0 Å². The zero-order valence-corrected chi connectivity index (χ0v) is 22.2. The van der Waals surface area contributed by atoms with Crippen molar-refractivity contribution in [2.45, 2.75) is 0 Å². The Morgan fingerprint density at radius 2 is 1.66 bits per heavy atom. The molecule has 2 heterocycles. The predicted octanol–water partition coefficient (Wildman–Crippen LogP) is 4.48. The summed E-state index contributed by atoms with van der Waals surface area (Å²) in [5, 5.41) is 19.9. The van der Waals surface area contributed by atoms with Gasteiger partial charge in [-0.15, -0.1) is 0 Å². The van der Waals surface area contributed by atoms with Gasteiger partial charge in [0.1, 0.15) is 11.3 Å². The zero-order chi connectivity index (χ0) is 28.1. The van der Waals surface area contributed by atoms with E-state index in [0.29, 0.717) is 44.7 Å². The zero-order valence-electron chi connectivity index (χ0n) is 22.2. The minimum absolute atomic E-state index is 0.0435. The number of fused-ring (bicyclic) bond motifs is 2. The molecule has 1 N–H and O–H groups in total. The number of carboxylic acid groups (broad SMARTS) is 1. The largest absolute Gasteiger partial charge is 0.545 e. The number of anilines is 4. The number of carbonyl (C=O) groups is 2. The molecule has 9 heteroatoms. The number of aromatic carboxylic acids is 1. The summed E-state index contributed by atoms with van der Waals surface area (Å²) >= 11 is 0. The molecule has 0 spiro atoms. The van der Waals surface area contributed by atoms with Crippen molar-refractivity contribution in [3.05, 3.63) is 95.6 Å². The number of benzene rings is 4. The second-order valence-corrected chi connectivity index (χ2v) is 10.1. The van der Waals surface area contributed by atoms with Crippen LogP contribution >= 0.6 is 0 Å². The Kier molecular flexibility index (Phi) is 5.85. The highest BCUT2D eigenvalue weighted by atomic mass is 16.5. The molecule has 204 valence electrons. The van der Waals surface area contributed by atoms with Crippen molar-refractivity contribution in [1.29, 1.82) is 0 Å². The van der Waals surface area contributed by atoms with Crippen LogP contribution in [-0.4, -0.2) is 50.2 Å². The van der Waals surface area contributed by atoms with Crippen molar-refractivity contribution in [2.75, 3.05) is 48.4 Å². The van der Waals surface area contributed by atoms with Crippen LogP contribution in [0.5, 0.6) is 5.75 Å². The third-order valence-corrected chi connectivity index (χ3v) is 7.81. The van der Waals surface area contributed by atoms with Gasteiger partial charge in [-0.2, -0.15) is 0 Å². The number of hydrogen-bond acceptors (Lipinski definition) is 9. The molecule has 2 aliphatic rings. The van der Waals surface area contributed by atoms with Crippen LogP contribution in [0.1, 0.15) is 26.3 Å². The lowest BCUT2D eigenvalue weighted by Crippen LogP contribution is -2.46. The smallest absolute Gasteiger partial charge is 0.196 e. The fourth-order valence-electron chi connectivity index (χ4n) is 5.76. The summed E-state index contributed by atoms with van der Waals surface area (Å²) in [5.41, 5.74) is 5.43. The summed E-state index contributed by atoms with van der Waals surface area (Å²) in [6, 6.07) is 23.7. The van der Waals surface area contributed by atoms with Gasteiger partial charge in [-0.3, -0.25) is 4.79 Å². The number of ketones is 1. The van der Waals surface area contributed by atoms with E-state index < -0.39 is 5.97 Å². The van der Waals surface area contributed by atoms with Gasteiger partial charge >= 0.3 is 0 Å². The molecular weight excluding hydrogens is 520 g/mol. The van der Waals surface area contributed by atoms with Crippen molar-refractivity contribution >= 4 is 45.4 Å². The summed E-state index contributed by atoms with van der Waals surface area (Å²) < 4.78 is 11.2. The topological polar surface area (TPSA) is 111 Å². The van der Waals surface area contributed by atoms with Gasteiger partial charge in [0, 0.05) is 48.7 Å². The van der Waals surface area contributed by atoms with Gasteiger partial charge in [-0.1, -0.05) is 41.6 Å². The van der Waals surface area contributed by atoms with E-state index in [2.05, 4.69) is 32.4 Å². The summed E-state index contributed by atoms with van der Waals surface area (Å²) in [5.74, 6) is -0.0437. The predicted molar refractivity (Wildman–Crippen MR) is 154 cm³/mol. The molecule has 1 aromatic heterocycles. The van der Waals surface area contributed by atoms with Gasteiger partial charge < -0.3 is 34.3 Å². The molecular formula is C32H25N4O5-. The number of carbonyl (C=O) groups excluding carboxylic acids is 2. The van der Waals surface area contributed by atoms with Crippen LogP contribution in [-0.2, 0) is 0 Å². The van der Waals surface area contributed by atoms with E-state index in [4.69, 9.17) is 9.26 Å². The molecule has 1 aliphatic heterocycles. The summed E-state index contributed by atoms with van der Waals surface area (Å²) in [4.78, 5) is 29.9. The second kappa shape index (κ2) is 9.71. The van der Waals surface area contributed by atoms with Crippen LogP contribution in [0.4, 0.5) is 22.7 Å². The van der Waals surface area contributed by atoms with Gasteiger partial charge in [-0.05, 0) is 48.0 Å². The number of nitrogens with one attached hydrogen (secondary N) is 1. The first-order chi connectivity index (χ1) is 20.0. The monoisotopic (exact) mass is 545 g/mol. The normalized spacial score (nSPS) is 14.2. The first-order valence-electron chi connectivity index (χ1n) is 13.3. The molecule has 0 atom stereocenters. The average Bonchev–Trinajstić information content (AvgIpc) is 3.46. The highest BCUT2D eigenvalue weighted by Crippen LogP contribution is 2.46. The van der Waals surface area contributed by atoms with Crippen molar-refractivity contribution in [2.24, 2.45) is 0 Å². The average molecular weight is 546 g/mol. The van der Waals surface area contributed by atoms with Crippen LogP contribution in [0.25, 0.3) is 22.2 Å². The van der Waals surface area contributed by atoms with E-state index in [9.17, 15) is 14.7 Å². The molecule has 4 aromatic carbocycles. The number of aromatic nitrogens is 1. The molecule has 0 radical (unpaired) electrons. The Labute approximate surface area is 235 Å². The minimum Gasteiger partial charge on any atom is -0.545 e. The van der Waals surface area contributed by atoms with Crippen molar-refractivity contribution < 1.29 is 24.0 Å². The van der Waals surface area contributed by atoms with Crippen LogP contribution in [0.15, 0.2) is 83.4 Å². The van der Waals surface area contributed by atoms with Gasteiger partial charge in [-0.25, -0.2) is 0 Å². The van der Waals surface area contributed by atoms with Gasteiger partial charge in [0.15, 0.2) is 11.5 Å². The van der Waals surface area contributed by atoms with E-state index in [0.717, 1.165) is 43.3 Å². The van der Waals surface area contributed by atoms with E-state index in [-0.39, 0.29) is 11.3 Å². The van der Waals surface area contributed by atoms with Crippen LogP contribution in [0.3, 0.4) is 0 Å². The lowest BCUT2D eigenvalue weighted by molar-refractivity contribution is -0.255. The third-order valence-electron chi connectivity index (χ3n) is 7.81. The molecule has 0 amide bonds.